The predicted molar refractivity (Wildman–Crippen MR) is 98.0 cm³/mol. The van der Waals surface area contributed by atoms with Crippen molar-refractivity contribution >= 4 is 29.2 Å². The van der Waals surface area contributed by atoms with E-state index >= 15 is 0 Å². The van der Waals surface area contributed by atoms with E-state index in [0.29, 0.717) is 5.56 Å². The topological polar surface area (TPSA) is 55.4 Å². The molecule has 6 heteroatoms. The molecular formula is C20H19ClFNO3. The van der Waals surface area contributed by atoms with E-state index in [9.17, 15) is 14.0 Å². The summed E-state index contributed by atoms with van der Waals surface area (Å²) >= 11 is 5.88. The van der Waals surface area contributed by atoms with Crippen LogP contribution in [0.4, 0.5) is 10.1 Å². The number of rotatable bonds is 4. The Bertz CT molecular complexity index is 853. The van der Waals surface area contributed by atoms with Crippen molar-refractivity contribution in [3.63, 3.8) is 0 Å². The molecule has 3 rings (SSSR count). The van der Waals surface area contributed by atoms with E-state index in [1.807, 2.05) is 12.1 Å². The third kappa shape index (κ3) is 4.22. The van der Waals surface area contributed by atoms with Gasteiger partial charge in [0.1, 0.15) is 5.82 Å². The van der Waals surface area contributed by atoms with Crippen LogP contribution in [-0.4, -0.2) is 18.0 Å². The van der Waals surface area contributed by atoms with Crippen LogP contribution in [-0.2, 0) is 22.4 Å². The standard InChI is InChI=1S/C20H19ClFNO3/c1-12(19(24)23-18-9-8-16(22)11-17(18)21)26-20(25)15-7-6-13-4-2-3-5-14(13)10-15/h6-12H,2-5H2,1H3,(H,23,24)/t12-/m0/s1. The fourth-order valence-corrected chi connectivity index (χ4v) is 3.18. The van der Waals surface area contributed by atoms with Crippen LogP contribution < -0.4 is 5.32 Å². The smallest absolute Gasteiger partial charge is 0.338 e. The maximum atomic E-state index is 13.1. The molecule has 0 aliphatic heterocycles. The fourth-order valence-electron chi connectivity index (χ4n) is 2.97. The largest absolute Gasteiger partial charge is 0.449 e. The lowest BCUT2D eigenvalue weighted by Crippen LogP contribution is -2.30. The Morgan fingerprint density at radius 3 is 2.58 bits per heavy atom. The Labute approximate surface area is 156 Å². The van der Waals surface area contributed by atoms with Crippen molar-refractivity contribution in [1.82, 2.24) is 0 Å². The Balaban J connectivity index is 1.64. The second-order valence-corrected chi connectivity index (χ2v) is 6.76. The van der Waals surface area contributed by atoms with Gasteiger partial charge in [0.25, 0.3) is 5.91 Å². The molecule has 1 aliphatic carbocycles. The van der Waals surface area contributed by atoms with E-state index in [1.165, 1.54) is 36.6 Å². The predicted octanol–water partition coefficient (Wildman–Crippen LogP) is 4.54. The summed E-state index contributed by atoms with van der Waals surface area (Å²) in [7, 11) is 0. The molecule has 1 N–H and O–H groups in total. The summed E-state index contributed by atoms with van der Waals surface area (Å²) in [6, 6.07) is 9.17. The molecule has 0 fully saturated rings. The number of hydrogen-bond donors (Lipinski definition) is 1. The van der Waals surface area contributed by atoms with E-state index in [4.69, 9.17) is 16.3 Å². The molecule has 0 bridgehead atoms. The molecule has 4 nitrogen and oxygen atoms in total. The van der Waals surface area contributed by atoms with Crippen LogP contribution in [0.25, 0.3) is 0 Å². The van der Waals surface area contributed by atoms with Gasteiger partial charge in [-0.3, -0.25) is 4.79 Å². The number of nitrogens with one attached hydrogen (secondary N) is 1. The van der Waals surface area contributed by atoms with Gasteiger partial charge in [-0.05, 0) is 74.1 Å². The summed E-state index contributed by atoms with van der Waals surface area (Å²) < 4.78 is 18.3. The van der Waals surface area contributed by atoms with Crippen LogP contribution in [0, 0.1) is 5.82 Å². The van der Waals surface area contributed by atoms with Crippen molar-refractivity contribution < 1.29 is 18.7 Å². The molecule has 1 amide bonds. The van der Waals surface area contributed by atoms with Gasteiger partial charge in [0, 0.05) is 0 Å². The van der Waals surface area contributed by atoms with Gasteiger partial charge in [0.2, 0.25) is 0 Å². The van der Waals surface area contributed by atoms with Gasteiger partial charge in [-0.15, -0.1) is 0 Å². The van der Waals surface area contributed by atoms with Crippen molar-refractivity contribution in [2.75, 3.05) is 5.32 Å². The van der Waals surface area contributed by atoms with Crippen molar-refractivity contribution in [3.05, 3.63) is 63.9 Å². The average Bonchev–Trinajstić information content (AvgIpc) is 2.63. The third-order valence-corrected chi connectivity index (χ3v) is 4.74. The molecule has 0 saturated carbocycles. The Morgan fingerprint density at radius 2 is 1.85 bits per heavy atom. The first kappa shape index (κ1) is 18.4. The molecular weight excluding hydrogens is 357 g/mol. The summed E-state index contributed by atoms with van der Waals surface area (Å²) in [5, 5.41) is 2.60. The molecule has 0 saturated heterocycles. The summed E-state index contributed by atoms with van der Waals surface area (Å²) in [6.07, 6.45) is 3.25. The molecule has 0 unspecified atom stereocenters. The normalized spacial score (nSPS) is 14.3. The molecule has 0 radical (unpaired) electrons. The Kier molecular flexibility index (Phi) is 5.57. The van der Waals surface area contributed by atoms with Crippen LogP contribution >= 0.6 is 11.6 Å². The van der Waals surface area contributed by atoms with Crippen LogP contribution in [0.2, 0.25) is 5.02 Å². The van der Waals surface area contributed by atoms with Gasteiger partial charge in [-0.2, -0.15) is 0 Å². The number of ether oxygens (including phenoxy) is 1. The number of carbonyl (C=O) groups is 2. The number of esters is 1. The zero-order chi connectivity index (χ0) is 18.7. The summed E-state index contributed by atoms with van der Waals surface area (Å²) in [5.41, 5.74) is 3.13. The van der Waals surface area contributed by atoms with Crippen molar-refractivity contribution in [1.29, 1.82) is 0 Å². The van der Waals surface area contributed by atoms with Crippen LogP contribution in [0.15, 0.2) is 36.4 Å². The zero-order valence-electron chi connectivity index (χ0n) is 14.4. The van der Waals surface area contributed by atoms with Gasteiger partial charge in [-0.25, -0.2) is 9.18 Å². The fraction of sp³-hybridized carbons (Fsp3) is 0.300. The highest BCUT2D eigenvalue weighted by Crippen LogP contribution is 2.24. The summed E-state index contributed by atoms with van der Waals surface area (Å²) in [4.78, 5) is 24.5. The van der Waals surface area contributed by atoms with E-state index in [2.05, 4.69) is 5.32 Å². The molecule has 1 aliphatic rings. The lowest BCUT2D eigenvalue weighted by molar-refractivity contribution is -0.123. The van der Waals surface area contributed by atoms with Crippen LogP contribution in [0.1, 0.15) is 41.3 Å². The lowest BCUT2D eigenvalue weighted by atomic mass is 9.90. The molecule has 136 valence electrons. The van der Waals surface area contributed by atoms with Gasteiger partial charge in [-0.1, -0.05) is 17.7 Å². The highest BCUT2D eigenvalue weighted by molar-refractivity contribution is 6.33. The van der Waals surface area contributed by atoms with E-state index in [-0.39, 0.29) is 10.7 Å². The monoisotopic (exact) mass is 375 g/mol. The molecule has 0 spiro atoms. The van der Waals surface area contributed by atoms with Gasteiger partial charge in [0.15, 0.2) is 6.10 Å². The number of aryl methyl sites for hydroxylation is 2. The van der Waals surface area contributed by atoms with Gasteiger partial charge >= 0.3 is 5.97 Å². The number of hydrogen-bond acceptors (Lipinski definition) is 3. The molecule has 2 aromatic rings. The summed E-state index contributed by atoms with van der Waals surface area (Å²) in [6.45, 7) is 1.48. The quantitative estimate of drug-likeness (QED) is 0.798. The minimum absolute atomic E-state index is 0.0755. The van der Waals surface area contributed by atoms with Gasteiger partial charge < -0.3 is 10.1 Å². The maximum absolute atomic E-state index is 13.1. The number of amides is 1. The lowest BCUT2D eigenvalue weighted by Gasteiger charge is -2.17. The number of halogens is 2. The van der Waals surface area contributed by atoms with Crippen LogP contribution in [0.3, 0.4) is 0 Å². The molecule has 2 aromatic carbocycles. The first-order valence-electron chi connectivity index (χ1n) is 8.53. The first-order valence-corrected chi connectivity index (χ1v) is 8.90. The second kappa shape index (κ2) is 7.87. The molecule has 1 atom stereocenters. The third-order valence-electron chi connectivity index (χ3n) is 4.43. The highest BCUT2D eigenvalue weighted by Gasteiger charge is 2.21. The first-order chi connectivity index (χ1) is 12.4. The Hall–Kier alpha value is -2.40. The number of benzene rings is 2. The molecule has 0 heterocycles. The van der Waals surface area contributed by atoms with Crippen molar-refractivity contribution in [3.8, 4) is 0 Å². The van der Waals surface area contributed by atoms with E-state index in [1.54, 1.807) is 6.07 Å². The minimum atomic E-state index is -1.01. The second-order valence-electron chi connectivity index (χ2n) is 6.35. The number of anilines is 1. The van der Waals surface area contributed by atoms with Crippen molar-refractivity contribution in [2.24, 2.45) is 0 Å². The maximum Gasteiger partial charge on any atom is 0.338 e. The Morgan fingerprint density at radius 1 is 1.12 bits per heavy atom. The van der Waals surface area contributed by atoms with Crippen molar-refractivity contribution in [2.45, 2.75) is 38.7 Å². The SMILES string of the molecule is C[C@H](OC(=O)c1ccc2c(c1)CCCC2)C(=O)Nc1ccc(F)cc1Cl. The number of fused-ring (bicyclic) bond motifs is 1. The van der Waals surface area contributed by atoms with E-state index in [0.717, 1.165) is 25.3 Å². The molecule has 26 heavy (non-hydrogen) atoms. The average molecular weight is 376 g/mol. The highest BCUT2D eigenvalue weighted by atomic mass is 35.5. The number of carbonyl (C=O) groups excluding carboxylic acids is 2. The molecule has 0 aromatic heterocycles. The van der Waals surface area contributed by atoms with Crippen LogP contribution in [0.5, 0.6) is 0 Å². The van der Waals surface area contributed by atoms with E-state index < -0.39 is 23.8 Å². The zero-order valence-corrected chi connectivity index (χ0v) is 15.1. The van der Waals surface area contributed by atoms with Gasteiger partial charge in [0.05, 0.1) is 16.3 Å². The minimum Gasteiger partial charge on any atom is -0.449 e. The summed E-state index contributed by atoms with van der Waals surface area (Å²) in [5.74, 6) is -1.59.